The Hall–Kier alpha value is -1.82. The van der Waals surface area contributed by atoms with Gasteiger partial charge in [-0.3, -0.25) is 0 Å². The molecule has 1 heterocycles. The summed E-state index contributed by atoms with van der Waals surface area (Å²) >= 11 is 3.16. The molecule has 0 saturated carbocycles. The van der Waals surface area contributed by atoms with E-state index in [9.17, 15) is 4.39 Å². The van der Waals surface area contributed by atoms with E-state index in [-0.39, 0.29) is 11.9 Å². The lowest BCUT2D eigenvalue weighted by molar-refractivity contribution is 0.234. The Morgan fingerprint density at radius 3 is 2.71 bits per heavy atom. The van der Waals surface area contributed by atoms with Crippen LogP contribution in [0.15, 0.2) is 28.7 Å². The predicted molar refractivity (Wildman–Crippen MR) is 86.5 cm³/mol. The predicted octanol–water partition coefficient (Wildman–Crippen LogP) is 4.40. The molecule has 0 unspecified atom stereocenters. The van der Waals surface area contributed by atoms with Crippen LogP contribution in [-0.4, -0.2) is 11.1 Å². The number of pyridine rings is 1. The summed E-state index contributed by atoms with van der Waals surface area (Å²) < 4.78 is 19.6. The number of anilines is 3. The van der Waals surface area contributed by atoms with Crippen LogP contribution in [0.4, 0.5) is 21.6 Å². The number of nitrogens with two attached hydrogens (primary N) is 1. The summed E-state index contributed by atoms with van der Waals surface area (Å²) in [5.41, 5.74) is 7.83. The van der Waals surface area contributed by atoms with E-state index in [4.69, 9.17) is 10.5 Å². The number of nitrogens with zero attached hydrogens (tertiary/aromatic N) is 1. The maximum atomic E-state index is 13.6. The van der Waals surface area contributed by atoms with Crippen LogP contribution in [0.1, 0.15) is 19.4 Å². The Balaban J connectivity index is 2.30. The minimum Gasteiger partial charge on any atom is -0.473 e. The fourth-order valence-electron chi connectivity index (χ4n) is 1.76. The monoisotopic (exact) mass is 353 g/mol. The molecule has 0 aliphatic rings. The second-order valence-corrected chi connectivity index (χ2v) is 5.82. The summed E-state index contributed by atoms with van der Waals surface area (Å²) in [5, 5.41) is 3.07. The first-order valence-corrected chi connectivity index (χ1v) is 7.32. The number of nitrogen functional groups attached to an aromatic ring is 1. The molecule has 112 valence electrons. The average Bonchev–Trinajstić information content (AvgIpc) is 2.39. The van der Waals surface area contributed by atoms with Crippen molar-refractivity contribution < 1.29 is 9.13 Å². The molecule has 4 nitrogen and oxygen atoms in total. The summed E-state index contributed by atoms with van der Waals surface area (Å²) in [4.78, 5) is 4.31. The molecule has 0 saturated heterocycles. The quantitative estimate of drug-likeness (QED) is 0.854. The second-order valence-electron chi connectivity index (χ2n) is 4.96. The first-order chi connectivity index (χ1) is 9.86. The molecule has 0 fully saturated rings. The molecule has 21 heavy (non-hydrogen) atoms. The number of benzene rings is 1. The van der Waals surface area contributed by atoms with Gasteiger partial charge in [0.05, 0.1) is 16.3 Å². The summed E-state index contributed by atoms with van der Waals surface area (Å²) in [7, 11) is 0. The Labute approximate surface area is 131 Å². The normalized spacial score (nSPS) is 10.8. The van der Waals surface area contributed by atoms with Gasteiger partial charge in [-0.15, -0.1) is 0 Å². The van der Waals surface area contributed by atoms with Gasteiger partial charge in [0.2, 0.25) is 5.88 Å². The van der Waals surface area contributed by atoms with Gasteiger partial charge in [-0.2, -0.15) is 4.98 Å². The minimum atomic E-state index is -0.336. The second kappa shape index (κ2) is 6.30. The Kier molecular flexibility index (Phi) is 4.67. The molecular formula is C15H17BrFN3O. The molecule has 0 radical (unpaired) electrons. The van der Waals surface area contributed by atoms with Crippen LogP contribution in [0.3, 0.4) is 0 Å². The van der Waals surface area contributed by atoms with Crippen LogP contribution in [0.5, 0.6) is 5.88 Å². The molecule has 2 aromatic rings. The summed E-state index contributed by atoms with van der Waals surface area (Å²) in [6.07, 6.45) is -0.0260. The SMILES string of the molecule is Cc1cc(Br)c(F)cc1Nc1ccc(N)c(OC(C)C)n1. The van der Waals surface area contributed by atoms with Gasteiger partial charge in [0, 0.05) is 5.69 Å². The van der Waals surface area contributed by atoms with Crippen molar-refractivity contribution in [2.24, 2.45) is 0 Å². The van der Waals surface area contributed by atoms with Crippen molar-refractivity contribution in [1.29, 1.82) is 0 Å². The third kappa shape index (κ3) is 3.85. The van der Waals surface area contributed by atoms with Crippen LogP contribution in [0.2, 0.25) is 0 Å². The van der Waals surface area contributed by atoms with Crippen molar-refractivity contribution in [2.75, 3.05) is 11.1 Å². The third-order valence-electron chi connectivity index (χ3n) is 2.77. The van der Waals surface area contributed by atoms with Crippen LogP contribution >= 0.6 is 15.9 Å². The van der Waals surface area contributed by atoms with Crippen molar-refractivity contribution in [3.63, 3.8) is 0 Å². The van der Waals surface area contributed by atoms with Gasteiger partial charge in [-0.05, 0) is 66.5 Å². The van der Waals surface area contributed by atoms with E-state index in [0.29, 0.717) is 27.5 Å². The van der Waals surface area contributed by atoms with Crippen molar-refractivity contribution >= 4 is 33.1 Å². The van der Waals surface area contributed by atoms with E-state index >= 15 is 0 Å². The molecule has 0 bridgehead atoms. The van der Waals surface area contributed by atoms with Gasteiger partial charge in [0.15, 0.2) is 0 Å². The van der Waals surface area contributed by atoms with Gasteiger partial charge in [0.1, 0.15) is 11.6 Å². The first kappa shape index (κ1) is 15.6. The highest BCUT2D eigenvalue weighted by atomic mass is 79.9. The lowest BCUT2D eigenvalue weighted by Gasteiger charge is -2.14. The van der Waals surface area contributed by atoms with Gasteiger partial charge in [-0.25, -0.2) is 4.39 Å². The molecule has 6 heteroatoms. The number of hydrogen-bond donors (Lipinski definition) is 2. The zero-order valence-electron chi connectivity index (χ0n) is 12.1. The van der Waals surface area contributed by atoms with E-state index in [1.807, 2.05) is 20.8 Å². The first-order valence-electron chi connectivity index (χ1n) is 6.52. The Bertz CT molecular complexity index is 662. The topological polar surface area (TPSA) is 60.2 Å². The minimum absolute atomic E-state index is 0.0260. The zero-order valence-corrected chi connectivity index (χ0v) is 13.7. The van der Waals surface area contributed by atoms with Gasteiger partial charge < -0.3 is 15.8 Å². The van der Waals surface area contributed by atoms with E-state index in [1.165, 1.54) is 6.07 Å². The number of nitrogens with one attached hydrogen (secondary N) is 1. The van der Waals surface area contributed by atoms with Gasteiger partial charge in [-0.1, -0.05) is 0 Å². The zero-order chi connectivity index (χ0) is 15.6. The largest absolute Gasteiger partial charge is 0.473 e. The smallest absolute Gasteiger partial charge is 0.239 e. The lowest BCUT2D eigenvalue weighted by Crippen LogP contribution is -2.09. The summed E-state index contributed by atoms with van der Waals surface area (Å²) in [6.45, 7) is 5.68. The van der Waals surface area contributed by atoms with Crippen LogP contribution < -0.4 is 15.8 Å². The highest BCUT2D eigenvalue weighted by Crippen LogP contribution is 2.28. The number of ether oxygens (including phenoxy) is 1. The highest BCUT2D eigenvalue weighted by Gasteiger charge is 2.09. The Morgan fingerprint density at radius 2 is 2.05 bits per heavy atom. The summed E-state index contributed by atoms with van der Waals surface area (Å²) in [6, 6.07) is 6.56. The average molecular weight is 354 g/mol. The molecule has 1 aromatic carbocycles. The number of aromatic nitrogens is 1. The fraction of sp³-hybridized carbons (Fsp3) is 0.267. The van der Waals surface area contributed by atoms with Crippen molar-refractivity contribution in [2.45, 2.75) is 26.9 Å². The maximum absolute atomic E-state index is 13.6. The Morgan fingerprint density at radius 1 is 1.33 bits per heavy atom. The molecule has 0 aliphatic heterocycles. The van der Waals surface area contributed by atoms with Crippen LogP contribution in [0.25, 0.3) is 0 Å². The standard InChI is InChI=1S/C15H17BrFN3O/c1-8(2)21-15-12(18)4-5-14(20-15)19-13-7-11(17)10(16)6-9(13)3/h4-8H,18H2,1-3H3,(H,19,20). The lowest BCUT2D eigenvalue weighted by atomic mass is 10.2. The molecule has 2 rings (SSSR count). The molecule has 0 atom stereocenters. The van der Waals surface area contributed by atoms with Crippen molar-refractivity contribution in [3.05, 3.63) is 40.1 Å². The van der Waals surface area contributed by atoms with Crippen molar-refractivity contribution in [1.82, 2.24) is 4.98 Å². The molecule has 0 spiro atoms. The molecular weight excluding hydrogens is 337 g/mol. The number of hydrogen-bond acceptors (Lipinski definition) is 4. The molecule has 1 aromatic heterocycles. The third-order valence-corrected chi connectivity index (χ3v) is 3.37. The molecule has 3 N–H and O–H groups in total. The van der Waals surface area contributed by atoms with Crippen LogP contribution in [-0.2, 0) is 0 Å². The van der Waals surface area contributed by atoms with E-state index in [1.54, 1.807) is 18.2 Å². The number of rotatable bonds is 4. The number of halogens is 2. The highest BCUT2D eigenvalue weighted by molar-refractivity contribution is 9.10. The van der Waals surface area contributed by atoms with Gasteiger partial charge in [0.25, 0.3) is 0 Å². The molecule has 0 amide bonds. The van der Waals surface area contributed by atoms with Crippen LogP contribution in [0, 0.1) is 12.7 Å². The maximum Gasteiger partial charge on any atom is 0.239 e. The summed E-state index contributed by atoms with van der Waals surface area (Å²) in [5.74, 6) is 0.576. The van der Waals surface area contributed by atoms with Crippen molar-refractivity contribution in [3.8, 4) is 5.88 Å². The van der Waals surface area contributed by atoms with Gasteiger partial charge >= 0.3 is 0 Å². The number of aryl methyl sites for hydroxylation is 1. The molecule has 0 aliphatic carbocycles. The fourth-order valence-corrected chi connectivity index (χ4v) is 2.22. The van der Waals surface area contributed by atoms with E-state index in [0.717, 1.165) is 5.56 Å². The van der Waals surface area contributed by atoms with E-state index in [2.05, 4.69) is 26.2 Å². The van der Waals surface area contributed by atoms with E-state index < -0.39 is 0 Å².